The number of benzene rings is 1. The molecule has 1 aromatic carbocycles. The molecule has 1 aliphatic heterocycles. The van der Waals surface area contributed by atoms with Gasteiger partial charge in [-0.05, 0) is 24.1 Å². The molecule has 0 atom stereocenters. The van der Waals surface area contributed by atoms with E-state index in [9.17, 15) is 13.2 Å². The Morgan fingerprint density at radius 3 is 2.53 bits per heavy atom. The topological polar surface area (TPSA) is 15.3 Å². The molecule has 0 bridgehead atoms. The first-order valence-corrected chi connectivity index (χ1v) is 6.64. The van der Waals surface area contributed by atoms with Crippen LogP contribution in [0.3, 0.4) is 0 Å². The highest BCUT2D eigenvalue weighted by molar-refractivity contribution is 6.31. The fraction of sp³-hybridized carbons (Fsp3) is 0.538. The van der Waals surface area contributed by atoms with Crippen molar-refractivity contribution in [3.63, 3.8) is 0 Å². The van der Waals surface area contributed by atoms with Gasteiger partial charge in [-0.2, -0.15) is 13.2 Å². The summed E-state index contributed by atoms with van der Waals surface area (Å²) in [5, 5.41) is 3.41. The average Bonchev–Trinajstić information content (AvgIpc) is 2.37. The summed E-state index contributed by atoms with van der Waals surface area (Å²) >= 11 is 5.92. The number of alkyl halides is 3. The van der Waals surface area contributed by atoms with Crippen LogP contribution in [0.5, 0.6) is 0 Å². The van der Waals surface area contributed by atoms with E-state index in [1.807, 2.05) is 0 Å². The van der Waals surface area contributed by atoms with E-state index in [2.05, 4.69) is 10.2 Å². The molecule has 106 valence electrons. The van der Waals surface area contributed by atoms with Crippen LogP contribution in [0.4, 0.5) is 13.2 Å². The summed E-state index contributed by atoms with van der Waals surface area (Å²) in [6, 6.07) is 3.96. The Bertz CT molecular complexity index is 428. The summed E-state index contributed by atoms with van der Waals surface area (Å²) < 4.78 is 38.7. The van der Waals surface area contributed by atoms with Gasteiger partial charge in [0.15, 0.2) is 0 Å². The second-order valence-electron chi connectivity index (χ2n) is 4.61. The number of nitrogens with one attached hydrogen (secondary N) is 1. The number of piperazine rings is 1. The molecule has 0 spiro atoms. The number of hydrogen-bond acceptors (Lipinski definition) is 2. The van der Waals surface area contributed by atoms with Crippen LogP contribution in [0.2, 0.25) is 5.02 Å². The van der Waals surface area contributed by atoms with Gasteiger partial charge < -0.3 is 10.2 Å². The summed E-state index contributed by atoms with van der Waals surface area (Å²) in [7, 11) is 0. The largest absolute Gasteiger partial charge is 0.416 e. The predicted octanol–water partition coefficient (Wildman–Crippen LogP) is 2.81. The third-order valence-electron chi connectivity index (χ3n) is 3.31. The lowest BCUT2D eigenvalue weighted by Gasteiger charge is -2.27. The Balaban J connectivity index is 2.10. The van der Waals surface area contributed by atoms with Crippen molar-refractivity contribution in [2.24, 2.45) is 0 Å². The molecule has 0 saturated carbocycles. The van der Waals surface area contributed by atoms with Gasteiger partial charge in [0, 0.05) is 37.7 Å². The maximum absolute atomic E-state index is 12.9. The Labute approximate surface area is 115 Å². The van der Waals surface area contributed by atoms with Gasteiger partial charge in [-0.1, -0.05) is 17.7 Å². The van der Waals surface area contributed by atoms with Gasteiger partial charge in [0.1, 0.15) is 0 Å². The highest BCUT2D eigenvalue weighted by Gasteiger charge is 2.33. The second-order valence-corrected chi connectivity index (χ2v) is 5.01. The molecular weight excluding hydrogens is 277 g/mol. The molecule has 1 aliphatic rings. The molecule has 1 fully saturated rings. The highest BCUT2D eigenvalue weighted by Crippen LogP contribution is 2.35. The Hall–Kier alpha value is -0.780. The van der Waals surface area contributed by atoms with Crippen molar-refractivity contribution in [1.29, 1.82) is 0 Å². The summed E-state index contributed by atoms with van der Waals surface area (Å²) in [5.41, 5.74) is -0.412. The molecule has 0 aromatic heterocycles. The van der Waals surface area contributed by atoms with Crippen LogP contribution < -0.4 is 5.32 Å². The Morgan fingerprint density at radius 1 is 1.21 bits per heavy atom. The minimum absolute atomic E-state index is 0.199. The number of halogens is 4. The Kier molecular flexibility index (Phi) is 4.71. The van der Waals surface area contributed by atoms with Crippen LogP contribution in [0.15, 0.2) is 18.2 Å². The third-order valence-corrected chi connectivity index (χ3v) is 3.67. The van der Waals surface area contributed by atoms with Gasteiger partial charge in [0.25, 0.3) is 0 Å². The van der Waals surface area contributed by atoms with Crippen molar-refractivity contribution >= 4 is 11.6 Å². The molecule has 19 heavy (non-hydrogen) atoms. The van der Waals surface area contributed by atoms with E-state index in [1.165, 1.54) is 12.1 Å². The lowest BCUT2D eigenvalue weighted by atomic mass is 10.0. The summed E-state index contributed by atoms with van der Waals surface area (Å²) in [5.74, 6) is 0. The lowest BCUT2D eigenvalue weighted by molar-refractivity contribution is -0.138. The first-order valence-electron chi connectivity index (χ1n) is 6.26. The molecule has 2 nitrogen and oxygen atoms in total. The van der Waals surface area contributed by atoms with Gasteiger partial charge in [-0.3, -0.25) is 0 Å². The minimum Gasteiger partial charge on any atom is -0.314 e. The van der Waals surface area contributed by atoms with Crippen molar-refractivity contribution in [1.82, 2.24) is 10.2 Å². The molecule has 1 aromatic rings. The van der Waals surface area contributed by atoms with Crippen LogP contribution in [-0.2, 0) is 12.6 Å². The van der Waals surface area contributed by atoms with E-state index in [0.29, 0.717) is 13.0 Å². The van der Waals surface area contributed by atoms with Crippen LogP contribution >= 0.6 is 11.6 Å². The summed E-state index contributed by atoms with van der Waals surface area (Å²) in [4.78, 5) is 2.15. The van der Waals surface area contributed by atoms with Crippen LogP contribution in [-0.4, -0.2) is 37.6 Å². The molecule has 0 unspecified atom stereocenters. The van der Waals surface area contributed by atoms with Gasteiger partial charge in [-0.15, -0.1) is 0 Å². The van der Waals surface area contributed by atoms with Crippen LogP contribution in [0.1, 0.15) is 11.1 Å². The molecule has 0 amide bonds. The van der Waals surface area contributed by atoms with E-state index in [0.717, 1.165) is 32.2 Å². The van der Waals surface area contributed by atoms with Gasteiger partial charge >= 0.3 is 6.18 Å². The van der Waals surface area contributed by atoms with Crippen molar-refractivity contribution in [3.8, 4) is 0 Å². The average molecular weight is 293 g/mol. The smallest absolute Gasteiger partial charge is 0.314 e. The quantitative estimate of drug-likeness (QED) is 0.921. The maximum Gasteiger partial charge on any atom is 0.416 e. The summed E-state index contributed by atoms with van der Waals surface area (Å²) in [6.07, 6.45) is -4.02. The van der Waals surface area contributed by atoms with E-state index in [4.69, 9.17) is 11.6 Å². The minimum atomic E-state index is -4.34. The zero-order valence-corrected chi connectivity index (χ0v) is 11.2. The van der Waals surface area contributed by atoms with Crippen molar-refractivity contribution in [2.75, 3.05) is 32.7 Å². The van der Waals surface area contributed by atoms with Crippen molar-refractivity contribution in [3.05, 3.63) is 34.3 Å². The maximum atomic E-state index is 12.9. The molecule has 0 radical (unpaired) electrons. The van der Waals surface area contributed by atoms with Crippen molar-refractivity contribution < 1.29 is 13.2 Å². The standard InChI is InChI=1S/C13H16ClF3N2/c14-12-3-1-2-11(13(15,16)17)10(12)4-7-19-8-5-18-6-9-19/h1-3,18H,4-9H2. The fourth-order valence-electron chi connectivity index (χ4n) is 2.28. The second kappa shape index (κ2) is 6.11. The van der Waals surface area contributed by atoms with Gasteiger partial charge in [-0.25, -0.2) is 0 Å². The molecule has 1 heterocycles. The molecule has 2 rings (SSSR count). The highest BCUT2D eigenvalue weighted by atomic mass is 35.5. The third kappa shape index (κ3) is 3.84. The monoisotopic (exact) mass is 292 g/mol. The zero-order valence-electron chi connectivity index (χ0n) is 10.4. The fourth-order valence-corrected chi connectivity index (χ4v) is 2.55. The summed E-state index contributed by atoms with van der Waals surface area (Å²) in [6.45, 7) is 4.11. The SMILES string of the molecule is FC(F)(F)c1cccc(Cl)c1CCN1CCNCC1. The van der Waals surface area contributed by atoms with Gasteiger partial charge in [0.2, 0.25) is 0 Å². The number of hydrogen-bond donors (Lipinski definition) is 1. The number of nitrogens with zero attached hydrogens (tertiary/aromatic N) is 1. The molecule has 6 heteroatoms. The van der Waals surface area contributed by atoms with E-state index in [1.54, 1.807) is 0 Å². The first kappa shape index (κ1) is 14.6. The lowest BCUT2D eigenvalue weighted by Crippen LogP contribution is -2.44. The van der Waals surface area contributed by atoms with Crippen LogP contribution in [0.25, 0.3) is 0 Å². The molecule has 1 N–H and O–H groups in total. The van der Waals surface area contributed by atoms with E-state index >= 15 is 0 Å². The Morgan fingerprint density at radius 2 is 1.89 bits per heavy atom. The van der Waals surface area contributed by atoms with Gasteiger partial charge in [0.05, 0.1) is 5.56 Å². The molecule has 0 aliphatic carbocycles. The molecule has 1 saturated heterocycles. The molecular formula is C13H16ClF3N2. The number of rotatable bonds is 3. The normalized spacial score (nSPS) is 17.7. The van der Waals surface area contributed by atoms with Crippen LogP contribution in [0, 0.1) is 0 Å². The van der Waals surface area contributed by atoms with E-state index < -0.39 is 11.7 Å². The first-order chi connectivity index (χ1) is 8.98. The predicted molar refractivity (Wildman–Crippen MR) is 69.5 cm³/mol. The van der Waals surface area contributed by atoms with Crippen molar-refractivity contribution in [2.45, 2.75) is 12.6 Å². The van der Waals surface area contributed by atoms with E-state index in [-0.39, 0.29) is 10.6 Å². The zero-order chi connectivity index (χ0) is 13.9.